The number of carbonyl (C=O) groups excluding carboxylic acids is 2. The predicted octanol–water partition coefficient (Wildman–Crippen LogP) is 1.39. The molecule has 0 aromatic carbocycles. The summed E-state index contributed by atoms with van der Waals surface area (Å²) in [6, 6.07) is 3.95. The van der Waals surface area contributed by atoms with E-state index in [1.807, 2.05) is 27.3 Å². The lowest BCUT2D eigenvalue weighted by molar-refractivity contribution is -0.136. The summed E-state index contributed by atoms with van der Waals surface area (Å²) in [4.78, 5) is 29.9. The highest BCUT2D eigenvalue weighted by Crippen LogP contribution is 2.40. The summed E-state index contributed by atoms with van der Waals surface area (Å²) in [5, 5.41) is 1.99. The highest BCUT2D eigenvalue weighted by atomic mass is 32.1. The molecule has 1 unspecified atom stereocenters. The Morgan fingerprint density at radius 1 is 1.41 bits per heavy atom. The fourth-order valence-electron chi connectivity index (χ4n) is 3.45. The molecule has 0 bridgehead atoms. The Balaban J connectivity index is 1.59. The average Bonchev–Trinajstić information content (AvgIpc) is 3.22. The Hall–Kier alpha value is -1.40. The molecule has 22 heavy (non-hydrogen) atoms. The van der Waals surface area contributed by atoms with Crippen molar-refractivity contribution in [1.82, 2.24) is 9.80 Å². The van der Waals surface area contributed by atoms with Gasteiger partial charge in [-0.15, -0.1) is 11.3 Å². The van der Waals surface area contributed by atoms with Crippen LogP contribution in [0.4, 0.5) is 0 Å². The van der Waals surface area contributed by atoms with Crippen molar-refractivity contribution in [2.75, 3.05) is 39.9 Å². The molecular weight excluding hydrogens is 300 g/mol. The maximum atomic E-state index is 12.7. The fraction of sp³-hybridized carbons (Fsp3) is 0.625. The van der Waals surface area contributed by atoms with E-state index in [1.54, 1.807) is 18.4 Å². The van der Waals surface area contributed by atoms with Crippen LogP contribution in [0.2, 0.25) is 0 Å². The first-order valence-electron chi connectivity index (χ1n) is 7.73. The molecule has 3 rings (SSSR count). The lowest BCUT2D eigenvalue weighted by Gasteiger charge is -2.23. The summed E-state index contributed by atoms with van der Waals surface area (Å²) in [7, 11) is 1.65. The second-order valence-corrected chi connectivity index (χ2v) is 7.17. The molecule has 1 atom stereocenters. The number of thiophene rings is 1. The van der Waals surface area contributed by atoms with Crippen molar-refractivity contribution in [1.29, 1.82) is 0 Å². The SMILES string of the molecule is COCCN1CCC2(CCN(C(=O)Cc3cccs3)C2)C1=O. The zero-order chi connectivity index (χ0) is 15.6. The van der Waals surface area contributed by atoms with Crippen molar-refractivity contribution in [3.8, 4) is 0 Å². The number of ether oxygens (including phenoxy) is 1. The minimum atomic E-state index is -0.334. The molecule has 1 aromatic rings. The molecule has 0 saturated carbocycles. The topological polar surface area (TPSA) is 49.9 Å². The van der Waals surface area contributed by atoms with Gasteiger partial charge in [-0.05, 0) is 24.3 Å². The van der Waals surface area contributed by atoms with E-state index in [2.05, 4.69) is 0 Å². The van der Waals surface area contributed by atoms with E-state index in [-0.39, 0.29) is 17.2 Å². The largest absolute Gasteiger partial charge is 0.383 e. The first-order valence-corrected chi connectivity index (χ1v) is 8.61. The molecule has 1 aromatic heterocycles. The van der Waals surface area contributed by atoms with Gasteiger partial charge in [0.1, 0.15) is 0 Å². The summed E-state index contributed by atoms with van der Waals surface area (Å²) in [5.41, 5.74) is -0.334. The number of carbonyl (C=O) groups is 2. The zero-order valence-electron chi connectivity index (χ0n) is 12.9. The third-order valence-electron chi connectivity index (χ3n) is 4.78. The molecule has 6 heteroatoms. The summed E-state index contributed by atoms with van der Waals surface area (Å²) in [5.74, 6) is 0.346. The average molecular weight is 322 g/mol. The second kappa shape index (κ2) is 6.38. The molecule has 2 saturated heterocycles. The lowest BCUT2D eigenvalue weighted by atomic mass is 9.85. The van der Waals surface area contributed by atoms with E-state index >= 15 is 0 Å². The van der Waals surface area contributed by atoms with Crippen LogP contribution in [0, 0.1) is 5.41 Å². The van der Waals surface area contributed by atoms with Crippen molar-refractivity contribution in [3.63, 3.8) is 0 Å². The highest BCUT2D eigenvalue weighted by Gasteiger charge is 2.51. The first kappa shape index (κ1) is 15.5. The normalized spacial score (nSPS) is 24.7. The quantitative estimate of drug-likeness (QED) is 0.823. The van der Waals surface area contributed by atoms with Crippen LogP contribution in [0.25, 0.3) is 0 Å². The van der Waals surface area contributed by atoms with Crippen LogP contribution in [-0.4, -0.2) is 61.5 Å². The Labute approximate surface area is 134 Å². The van der Waals surface area contributed by atoms with E-state index in [4.69, 9.17) is 4.74 Å². The van der Waals surface area contributed by atoms with Crippen LogP contribution in [0.15, 0.2) is 17.5 Å². The number of methoxy groups -OCH3 is 1. The third kappa shape index (κ3) is 2.90. The number of amides is 2. The van der Waals surface area contributed by atoms with Crippen LogP contribution in [-0.2, 0) is 20.7 Å². The zero-order valence-corrected chi connectivity index (χ0v) is 13.7. The summed E-state index contributed by atoms with van der Waals surface area (Å²) in [6.45, 7) is 3.30. The number of nitrogens with zero attached hydrogens (tertiary/aromatic N) is 2. The van der Waals surface area contributed by atoms with Crippen LogP contribution in [0.5, 0.6) is 0 Å². The number of rotatable bonds is 5. The summed E-state index contributed by atoms with van der Waals surface area (Å²) >= 11 is 1.61. The van der Waals surface area contributed by atoms with Crippen LogP contribution in [0.1, 0.15) is 17.7 Å². The highest BCUT2D eigenvalue weighted by molar-refractivity contribution is 7.10. The molecule has 2 amide bonds. The van der Waals surface area contributed by atoms with Gasteiger partial charge in [-0.25, -0.2) is 0 Å². The van der Waals surface area contributed by atoms with Gasteiger partial charge < -0.3 is 14.5 Å². The van der Waals surface area contributed by atoms with E-state index < -0.39 is 0 Å². The number of hydrogen-bond donors (Lipinski definition) is 0. The molecule has 5 nitrogen and oxygen atoms in total. The number of likely N-dealkylation sites (tertiary alicyclic amines) is 2. The van der Waals surface area contributed by atoms with Crippen LogP contribution in [0.3, 0.4) is 0 Å². The van der Waals surface area contributed by atoms with E-state index in [1.165, 1.54) is 0 Å². The van der Waals surface area contributed by atoms with Crippen LogP contribution >= 0.6 is 11.3 Å². The molecule has 2 fully saturated rings. The molecule has 0 N–H and O–H groups in total. The third-order valence-corrected chi connectivity index (χ3v) is 5.65. The van der Waals surface area contributed by atoms with Gasteiger partial charge in [-0.1, -0.05) is 6.07 Å². The smallest absolute Gasteiger partial charge is 0.230 e. The van der Waals surface area contributed by atoms with Crippen molar-refractivity contribution in [2.45, 2.75) is 19.3 Å². The van der Waals surface area contributed by atoms with Gasteiger partial charge in [0, 0.05) is 38.2 Å². The Bertz CT molecular complexity index is 546. The minimum absolute atomic E-state index is 0.141. The van der Waals surface area contributed by atoms with Gasteiger partial charge in [0.25, 0.3) is 0 Å². The molecule has 120 valence electrons. The summed E-state index contributed by atoms with van der Waals surface area (Å²) < 4.78 is 5.06. The Kier molecular flexibility index (Phi) is 4.49. The van der Waals surface area contributed by atoms with Crippen molar-refractivity contribution in [3.05, 3.63) is 22.4 Å². The minimum Gasteiger partial charge on any atom is -0.383 e. The second-order valence-electron chi connectivity index (χ2n) is 6.14. The van der Waals surface area contributed by atoms with Gasteiger partial charge in [0.15, 0.2) is 0 Å². The van der Waals surface area contributed by atoms with Crippen molar-refractivity contribution in [2.24, 2.45) is 5.41 Å². The molecule has 1 spiro atoms. The van der Waals surface area contributed by atoms with Crippen LogP contribution < -0.4 is 0 Å². The van der Waals surface area contributed by atoms with E-state index in [9.17, 15) is 9.59 Å². The molecule has 3 heterocycles. The van der Waals surface area contributed by atoms with E-state index in [0.717, 1.165) is 24.3 Å². The standard InChI is InChI=1S/C16H22N2O3S/c1-21-9-8-17-6-4-16(15(17)20)5-7-18(12-16)14(19)11-13-3-2-10-22-13/h2-3,10H,4-9,11-12H2,1H3. The van der Waals surface area contributed by atoms with Crippen molar-refractivity contribution < 1.29 is 14.3 Å². The molecule has 2 aliphatic heterocycles. The van der Waals surface area contributed by atoms with E-state index in [0.29, 0.717) is 32.7 Å². The van der Waals surface area contributed by atoms with Gasteiger partial charge in [-0.2, -0.15) is 0 Å². The maximum Gasteiger partial charge on any atom is 0.230 e. The summed E-state index contributed by atoms with van der Waals surface area (Å²) in [6.07, 6.45) is 2.11. The Morgan fingerprint density at radius 2 is 2.23 bits per heavy atom. The van der Waals surface area contributed by atoms with Gasteiger partial charge >= 0.3 is 0 Å². The monoisotopic (exact) mass is 322 g/mol. The van der Waals surface area contributed by atoms with Crippen molar-refractivity contribution >= 4 is 23.2 Å². The fourth-order valence-corrected chi connectivity index (χ4v) is 4.14. The van der Waals surface area contributed by atoms with Gasteiger partial charge in [0.05, 0.1) is 18.4 Å². The first-order chi connectivity index (χ1) is 10.6. The molecule has 0 aliphatic carbocycles. The molecule has 2 aliphatic rings. The molecule has 0 radical (unpaired) electrons. The molecular formula is C16H22N2O3S. The number of hydrogen-bond acceptors (Lipinski definition) is 4. The van der Waals surface area contributed by atoms with Gasteiger partial charge in [-0.3, -0.25) is 9.59 Å². The lowest BCUT2D eigenvalue weighted by Crippen LogP contribution is -2.39. The van der Waals surface area contributed by atoms with Gasteiger partial charge in [0.2, 0.25) is 11.8 Å². The predicted molar refractivity (Wildman–Crippen MR) is 84.7 cm³/mol. The maximum absolute atomic E-state index is 12.7. The Morgan fingerprint density at radius 3 is 2.95 bits per heavy atom.